The summed E-state index contributed by atoms with van der Waals surface area (Å²) in [5.41, 5.74) is 0. The molecule has 1 aromatic carbocycles. The first-order valence-corrected chi connectivity index (χ1v) is 7.25. The highest BCUT2D eigenvalue weighted by Crippen LogP contribution is 2.14. The zero-order valence-corrected chi connectivity index (χ0v) is 10.5. The lowest BCUT2D eigenvalue weighted by atomic mass is 10.4. The van der Waals surface area contributed by atoms with Crippen molar-refractivity contribution >= 4 is 21.9 Å². The van der Waals surface area contributed by atoms with Gasteiger partial charge in [0, 0.05) is 11.3 Å². The molecule has 0 aliphatic rings. The minimum Gasteiger partial charge on any atom is -0.269 e. The molecule has 0 saturated carbocycles. The predicted molar refractivity (Wildman–Crippen MR) is 65.5 cm³/mol. The molecule has 0 aliphatic carbocycles. The maximum Gasteiger partial charge on any atom is 0.264 e. The van der Waals surface area contributed by atoms with Gasteiger partial charge >= 0.3 is 0 Å². The Morgan fingerprint density at radius 3 is 2.62 bits per heavy atom. The molecule has 0 bridgehead atoms. The maximum absolute atomic E-state index is 10.6. The third-order valence-corrected chi connectivity index (χ3v) is 2.86. The molecule has 0 aromatic heterocycles. The summed E-state index contributed by atoms with van der Waals surface area (Å²) in [5, 5.41) is 2.88. The van der Waals surface area contributed by atoms with Gasteiger partial charge < -0.3 is 0 Å². The Morgan fingerprint density at radius 1 is 1.31 bits per heavy atom. The molecule has 0 saturated heterocycles. The average Bonchev–Trinajstić information content (AvgIpc) is 2.23. The van der Waals surface area contributed by atoms with E-state index in [1.807, 2.05) is 30.3 Å². The largest absolute Gasteiger partial charge is 0.269 e. The van der Waals surface area contributed by atoms with Crippen LogP contribution in [0.25, 0.3) is 0 Å². The molecule has 1 aromatic rings. The van der Waals surface area contributed by atoms with E-state index in [1.165, 1.54) is 11.8 Å². The molecule has 16 heavy (non-hydrogen) atoms. The lowest BCUT2D eigenvalue weighted by molar-refractivity contribution is 0.330. The van der Waals surface area contributed by atoms with Crippen LogP contribution in [0.4, 0.5) is 0 Å². The van der Waals surface area contributed by atoms with Crippen LogP contribution in [-0.4, -0.2) is 21.3 Å². The standard InChI is InChI=1S/C11H12O3S2/c1-16(12,13)14-9-5-6-10-15-11-7-3-2-4-8-11/h2-4,7-8H,5,9H2,1H3. The first-order valence-electron chi connectivity index (χ1n) is 4.62. The average molecular weight is 256 g/mol. The Bertz CT molecular complexity index is 469. The van der Waals surface area contributed by atoms with Crippen LogP contribution in [0, 0.1) is 11.2 Å². The third-order valence-electron chi connectivity index (χ3n) is 1.51. The second-order valence-electron chi connectivity index (χ2n) is 2.97. The van der Waals surface area contributed by atoms with Crippen LogP contribution in [0.1, 0.15) is 6.42 Å². The zero-order chi connectivity index (χ0) is 11.9. The van der Waals surface area contributed by atoms with Crippen molar-refractivity contribution in [1.82, 2.24) is 0 Å². The Morgan fingerprint density at radius 2 is 2.00 bits per heavy atom. The molecule has 0 spiro atoms. The molecule has 0 atom stereocenters. The van der Waals surface area contributed by atoms with Gasteiger partial charge in [-0.1, -0.05) is 24.1 Å². The van der Waals surface area contributed by atoms with E-state index in [0.29, 0.717) is 6.42 Å². The van der Waals surface area contributed by atoms with Crippen molar-refractivity contribution in [2.75, 3.05) is 12.9 Å². The van der Waals surface area contributed by atoms with Crippen LogP contribution >= 0.6 is 11.8 Å². The highest BCUT2D eigenvalue weighted by atomic mass is 32.2. The zero-order valence-electron chi connectivity index (χ0n) is 8.84. The number of hydrogen-bond acceptors (Lipinski definition) is 4. The van der Waals surface area contributed by atoms with E-state index >= 15 is 0 Å². The summed E-state index contributed by atoms with van der Waals surface area (Å²) in [6, 6.07) is 9.75. The molecule has 0 unspecified atom stereocenters. The molecule has 1 rings (SSSR count). The summed E-state index contributed by atoms with van der Waals surface area (Å²) < 4.78 is 25.8. The topological polar surface area (TPSA) is 43.4 Å². The normalized spacial score (nSPS) is 10.6. The van der Waals surface area contributed by atoms with Gasteiger partial charge in [-0.05, 0) is 29.1 Å². The van der Waals surface area contributed by atoms with Gasteiger partial charge in [-0.15, -0.1) is 0 Å². The van der Waals surface area contributed by atoms with Crippen molar-refractivity contribution in [2.45, 2.75) is 11.3 Å². The lowest BCUT2D eigenvalue weighted by Crippen LogP contribution is -2.03. The van der Waals surface area contributed by atoms with Crippen molar-refractivity contribution in [2.24, 2.45) is 0 Å². The number of benzene rings is 1. The number of rotatable bonds is 4. The van der Waals surface area contributed by atoms with Gasteiger partial charge in [0.1, 0.15) is 0 Å². The molecule has 0 amide bonds. The molecular weight excluding hydrogens is 244 g/mol. The van der Waals surface area contributed by atoms with Crippen LogP contribution in [0.5, 0.6) is 0 Å². The predicted octanol–water partition coefficient (Wildman–Crippen LogP) is 2.11. The fraction of sp³-hybridized carbons (Fsp3) is 0.273. The van der Waals surface area contributed by atoms with Gasteiger partial charge in [0.05, 0.1) is 12.9 Å². The van der Waals surface area contributed by atoms with Crippen molar-refractivity contribution in [3.8, 4) is 11.2 Å². The molecule has 0 heterocycles. The molecule has 86 valence electrons. The lowest BCUT2D eigenvalue weighted by Gasteiger charge is -1.95. The molecule has 5 heteroatoms. The summed E-state index contributed by atoms with van der Waals surface area (Å²) in [4.78, 5) is 1.07. The van der Waals surface area contributed by atoms with E-state index in [2.05, 4.69) is 15.4 Å². The summed E-state index contributed by atoms with van der Waals surface area (Å²) in [7, 11) is -3.34. The molecular formula is C11H12O3S2. The van der Waals surface area contributed by atoms with E-state index in [1.54, 1.807) is 0 Å². The van der Waals surface area contributed by atoms with Gasteiger partial charge in [-0.3, -0.25) is 4.18 Å². The van der Waals surface area contributed by atoms with E-state index in [-0.39, 0.29) is 6.61 Å². The molecule has 0 radical (unpaired) electrons. The fourth-order valence-electron chi connectivity index (χ4n) is 0.879. The van der Waals surface area contributed by atoms with E-state index < -0.39 is 10.1 Å². The van der Waals surface area contributed by atoms with Gasteiger partial charge in [-0.2, -0.15) is 8.42 Å². The second kappa shape index (κ2) is 6.59. The summed E-state index contributed by atoms with van der Waals surface area (Å²) in [5.74, 6) is 2.83. The molecule has 0 fully saturated rings. The summed E-state index contributed by atoms with van der Waals surface area (Å²) in [6.45, 7) is 0.112. The molecule has 0 aliphatic heterocycles. The Balaban J connectivity index is 2.25. The van der Waals surface area contributed by atoms with Gasteiger partial charge in [-0.25, -0.2) is 0 Å². The quantitative estimate of drug-likeness (QED) is 0.358. The monoisotopic (exact) mass is 256 g/mol. The fourth-order valence-corrected chi connectivity index (χ4v) is 1.85. The van der Waals surface area contributed by atoms with Crippen LogP contribution in [0.15, 0.2) is 35.2 Å². The minimum atomic E-state index is -3.34. The highest BCUT2D eigenvalue weighted by molar-refractivity contribution is 8.03. The Hall–Kier alpha value is -0.960. The Labute approximate surface area is 100 Å². The van der Waals surface area contributed by atoms with Crippen molar-refractivity contribution < 1.29 is 12.6 Å². The highest BCUT2D eigenvalue weighted by Gasteiger charge is 1.98. The summed E-state index contributed by atoms with van der Waals surface area (Å²) >= 11 is 1.41. The number of hydrogen-bond donors (Lipinski definition) is 0. The first kappa shape index (κ1) is 13.1. The molecule has 3 nitrogen and oxygen atoms in total. The van der Waals surface area contributed by atoms with Crippen LogP contribution in [-0.2, 0) is 14.3 Å². The van der Waals surface area contributed by atoms with Gasteiger partial charge in [0.25, 0.3) is 10.1 Å². The van der Waals surface area contributed by atoms with Gasteiger partial charge in [0.2, 0.25) is 0 Å². The van der Waals surface area contributed by atoms with Crippen LogP contribution in [0.2, 0.25) is 0 Å². The van der Waals surface area contributed by atoms with Gasteiger partial charge in [0.15, 0.2) is 0 Å². The van der Waals surface area contributed by atoms with Crippen molar-refractivity contribution in [3.63, 3.8) is 0 Å². The van der Waals surface area contributed by atoms with Crippen molar-refractivity contribution in [1.29, 1.82) is 0 Å². The van der Waals surface area contributed by atoms with Crippen LogP contribution < -0.4 is 0 Å². The minimum absolute atomic E-state index is 0.112. The van der Waals surface area contributed by atoms with Crippen molar-refractivity contribution in [3.05, 3.63) is 30.3 Å². The Kier molecular flexibility index (Phi) is 5.39. The summed E-state index contributed by atoms with van der Waals surface area (Å²) in [6.07, 6.45) is 1.44. The maximum atomic E-state index is 10.6. The van der Waals surface area contributed by atoms with E-state index in [4.69, 9.17) is 0 Å². The van der Waals surface area contributed by atoms with Crippen LogP contribution in [0.3, 0.4) is 0 Å². The third kappa shape index (κ3) is 6.51. The van der Waals surface area contributed by atoms with E-state index in [0.717, 1.165) is 11.2 Å². The molecule has 0 N–H and O–H groups in total. The first-order chi connectivity index (χ1) is 7.58. The second-order valence-corrected chi connectivity index (χ2v) is 5.49. The SMILES string of the molecule is CS(=O)(=O)OCCC#CSc1ccccc1. The van der Waals surface area contributed by atoms with E-state index in [9.17, 15) is 8.42 Å². The number of thioether (sulfide) groups is 1. The smallest absolute Gasteiger partial charge is 0.264 e.